The minimum atomic E-state index is -3.80. The van der Waals surface area contributed by atoms with Crippen LogP contribution < -0.4 is 0 Å². The molecule has 2 aromatic carbocycles. The molecule has 2 fully saturated rings. The van der Waals surface area contributed by atoms with Crippen LogP contribution in [0.3, 0.4) is 0 Å². The van der Waals surface area contributed by atoms with Gasteiger partial charge in [-0.1, -0.05) is 57.0 Å². The number of hydrogen-bond acceptors (Lipinski definition) is 4. The Morgan fingerprint density at radius 1 is 0.824 bits per heavy atom. The number of rotatable bonds is 7. The standard InChI is InChI=1S/C26H36N2O4S2/c1-21-9-8-18-27(19-21)33(29,30)24-14-16-25(17-15-24)34(31,32)28(20-23-11-4-3-5-12-23)26-13-7-6-10-22(26)2/h3-5,11-12,14-17,21-22,26H,6-10,13,18-20H2,1-2H3/t21-,22+,26+/m1/s1. The van der Waals surface area contributed by atoms with Gasteiger partial charge >= 0.3 is 0 Å². The van der Waals surface area contributed by atoms with E-state index in [-0.39, 0.29) is 21.8 Å². The molecule has 6 nitrogen and oxygen atoms in total. The van der Waals surface area contributed by atoms with Crippen LogP contribution in [0.15, 0.2) is 64.4 Å². The second-order valence-corrected chi connectivity index (χ2v) is 13.8. The van der Waals surface area contributed by atoms with Gasteiger partial charge in [-0.25, -0.2) is 16.8 Å². The van der Waals surface area contributed by atoms with Crippen LogP contribution in [0.4, 0.5) is 0 Å². The van der Waals surface area contributed by atoms with Gasteiger partial charge in [-0.3, -0.25) is 0 Å². The van der Waals surface area contributed by atoms with Gasteiger partial charge in [0.15, 0.2) is 0 Å². The number of piperidine rings is 1. The summed E-state index contributed by atoms with van der Waals surface area (Å²) in [5, 5.41) is 0. The van der Waals surface area contributed by atoms with Crippen LogP contribution in [0.1, 0.15) is 57.9 Å². The van der Waals surface area contributed by atoms with Crippen molar-refractivity contribution in [2.75, 3.05) is 13.1 Å². The van der Waals surface area contributed by atoms with E-state index in [9.17, 15) is 16.8 Å². The molecule has 1 heterocycles. The first kappa shape index (κ1) is 25.4. The molecule has 0 unspecified atom stereocenters. The first-order valence-electron chi connectivity index (χ1n) is 12.4. The van der Waals surface area contributed by atoms with Crippen LogP contribution in [-0.2, 0) is 26.6 Å². The van der Waals surface area contributed by atoms with Gasteiger partial charge in [0.2, 0.25) is 20.0 Å². The summed E-state index contributed by atoms with van der Waals surface area (Å²) in [6.45, 7) is 5.52. The van der Waals surface area contributed by atoms with Gasteiger partial charge in [0.1, 0.15) is 0 Å². The first-order chi connectivity index (χ1) is 16.2. The summed E-state index contributed by atoms with van der Waals surface area (Å²) in [5.41, 5.74) is 0.947. The van der Waals surface area contributed by atoms with Crippen molar-refractivity contribution < 1.29 is 16.8 Å². The second kappa shape index (κ2) is 10.5. The van der Waals surface area contributed by atoms with E-state index in [1.807, 2.05) is 30.3 Å². The molecule has 0 aromatic heterocycles. The summed E-state index contributed by atoms with van der Waals surface area (Å²) in [5.74, 6) is 0.597. The van der Waals surface area contributed by atoms with Gasteiger partial charge in [0.05, 0.1) is 9.79 Å². The third-order valence-corrected chi connectivity index (χ3v) is 11.1. The molecule has 0 bridgehead atoms. The van der Waals surface area contributed by atoms with Crippen LogP contribution >= 0.6 is 0 Å². The average molecular weight is 505 g/mol. The number of sulfonamides is 2. The molecule has 1 saturated heterocycles. The molecule has 0 radical (unpaired) electrons. The van der Waals surface area contributed by atoms with E-state index in [4.69, 9.17) is 0 Å². The Kier molecular flexibility index (Phi) is 7.82. The normalized spacial score (nSPS) is 24.9. The van der Waals surface area contributed by atoms with Crippen molar-refractivity contribution >= 4 is 20.0 Å². The molecule has 2 aliphatic rings. The zero-order valence-corrected chi connectivity index (χ0v) is 21.8. The molecule has 8 heteroatoms. The third-order valence-electron chi connectivity index (χ3n) is 7.31. The number of nitrogens with zero attached hydrogens (tertiary/aromatic N) is 2. The van der Waals surface area contributed by atoms with Gasteiger partial charge in [-0.05, 0) is 67.3 Å². The Bertz CT molecular complexity index is 1170. The Morgan fingerprint density at radius 2 is 1.47 bits per heavy atom. The molecule has 0 N–H and O–H groups in total. The molecular formula is C26H36N2O4S2. The van der Waals surface area contributed by atoms with Gasteiger partial charge < -0.3 is 0 Å². The fourth-order valence-corrected chi connectivity index (χ4v) is 8.64. The molecule has 0 amide bonds. The van der Waals surface area contributed by atoms with E-state index >= 15 is 0 Å². The van der Waals surface area contributed by atoms with E-state index in [1.165, 1.54) is 28.6 Å². The van der Waals surface area contributed by atoms with Crippen LogP contribution in [0.5, 0.6) is 0 Å². The van der Waals surface area contributed by atoms with Crippen LogP contribution in [0, 0.1) is 11.8 Å². The molecule has 2 aromatic rings. The van der Waals surface area contributed by atoms with E-state index in [0.29, 0.717) is 25.6 Å². The lowest BCUT2D eigenvalue weighted by Gasteiger charge is -2.38. The zero-order chi connectivity index (χ0) is 24.3. The van der Waals surface area contributed by atoms with Gasteiger partial charge in [-0.15, -0.1) is 0 Å². The second-order valence-electron chi connectivity index (χ2n) is 9.95. The molecular weight excluding hydrogens is 468 g/mol. The fourth-order valence-electron chi connectivity index (χ4n) is 5.30. The van der Waals surface area contributed by atoms with Gasteiger partial charge in [-0.2, -0.15) is 8.61 Å². The molecule has 1 aliphatic carbocycles. The summed E-state index contributed by atoms with van der Waals surface area (Å²) in [6, 6.07) is 15.4. The molecule has 3 atom stereocenters. The monoisotopic (exact) mass is 504 g/mol. The lowest BCUT2D eigenvalue weighted by molar-refractivity contribution is 0.185. The van der Waals surface area contributed by atoms with E-state index in [0.717, 1.165) is 44.1 Å². The predicted octanol–water partition coefficient (Wildman–Crippen LogP) is 4.88. The first-order valence-corrected chi connectivity index (χ1v) is 15.2. The summed E-state index contributed by atoms with van der Waals surface area (Å²) >= 11 is 0. The largest absolute Gasteiger partial charge is 0.243 e. The van der Waals surface area contributed by atoms with Crippen molar-refractivity contribution in [3.05, 3.63) is 60.2 Å². The minimum absolute atomic E-state index is 0.0720. The third kappa shape index (κ3) is 5.40. The maximum Gasteiger partial charge on any atom is 0.243 e. The van der Waals surface area contributed by atoms with Gasteiger partial charge in [0.25, 0.3) is 0 Å². The topological polar surface area (TPSA) is 74.8 Å². The van der Waals surface area contributed by atoms with Crippen molar-refractivity contribution in [1.82, 2.24) is 8.61 Å². The van der Waals surface area contributed by atoms with Crippen LogP contribution in [0.25, 0.3) is 0 Å². The molecule has 0 spiro atoms. The Hall–Kier alpha value is -1.74. The minimum Gasteiger partial charge on any atom is -0.207 e. The fraction of sp³-hybridized carbons (Fsp3) is 0.538. The number of hydrogen-bond donors (Lipinski definition) is 0. The zero-order valence-electron chi connectivity index (χ0n) is 20.1. The van der Waals surface area contributed by atoms with Crippen molar-refractivity contribution in [3.8, 4) is 0 Å². The van der Waals surface area contributed by atoms with Gasteiger partial charge in [0, 0.05) is 25.7 Å². The Morgan fingerprint density at radius 3 is 2.12 bits per heavy atom. The van der Waals surface area contributed by atoms with Crippen molar-refractivity contribution in [2.24, 2.45) is 11.8 Å². The smallest absolute Gasteiger partial charge is 0.207 e. The molecule has 34 heavy (non-hydrogen) atoms. The Balaban J connectivity index is 1.63. The van der Waals surface area contributed by atoms with Crippen molar-refractivity contribution in [1.29, 1.82) is 0 Å². The highest BCUT2D eigenvalue weighted by Crippen LogP contribution is 2.33. The van der Waals surface area contributed by atoms with Crippen LogP contribution in [0.2, 0.25) is 0 Å². The summed E-state index contributed by atoms with van der Waals surface area (Å²) < 4.78 is 57.1. The molecule has 1 aliphatic heterocycles. The molecule has 186 valence electrons. The van der Waals surface area contributed by atoms with Crippen molar-refractivity contribution in [2.45, 2.75) is 74.7 Å². The lowest BCUT2D eigenvalue weighted by atomic mass is 9.86. The highest BCUT2D eigenvalue weighted by Gasteiger charge is 2.36. The molecule has 1 saturated carbocycles. The van der Waals surface area contributed by atoms with E-state index in [2.05, 4.69) is 13.8 Å². The predicted molar refractivity (Wildman–Crippen MR) is 134 cm³/mol. The lowest BCUT2D eigenvalue weighted by Crippen LogP contribution is -2.44. The summed E-state index contributed by atoms with van der Waals surface area (Å²) in [7, 11) is -7.43. The average Bonchev–Trinajstić information content (AvgIpc) is 2.84. The summed E-state index contributed by atoms with van der Waals surface area (Å²) in [6.07, 6.45) is 5.87. The maximum atomic E-state index is 13.9. The van der Waals surface area contributed by atoms with E-state index in [1.54, 1.807) is 4.31 Å². The SMILES string of the molecule is C[C@@H]1CCCN(S(=O)(=O)c2ccc(S(=O)(=O)N(Cc3ccccc3)[C@H]3CCCC[C@@H]3C)cc2)C1. The molecule has 4 rings (SSSR count). The van der Waals surface area contributed by atoms with Crippen LogP contribution in [-0.4, -0.2) is 44.6 Å². The van der Waals surface area contributed by atoms with E-state index < -0.39 is 20.0 Å². The highest BCUT2D eigenvalue weighted by atomic mass is 32.2. The quantitative estimate of drug-likeness (QED) is 0.539. The van der Waals surface area contributed by atoms with Crippen molar-refractivity contribution in [3.63, 3.8) is 0 Å². The summed E-state index contributed by atoms with van der Waals surface area (Å²) in [4.78, 5) is 0.299. The highest BCUT2D eigenvalue weighted by molar-refractivity contribution is 7.89. The number of benzene rings is 2. The Labute approximate surface area is 205 Å². The maximum absolute atomic E-state index is 13.9.